The molecule has 0 aromatic carbocycles. The molecule has 0 atom stereocenters. The molecule has 2 aliphatic rings. The van der Waals surface area contributed by atoms with Gasteiger partial charge in [0.1, 0.15) is 16.7 Å². The second-order valence-corrected chi connectivity index (χ2v) is 11.1. The molecular weight excluding hydrogens is 432 g/mol. The number of hydrogen-bond acceptors (Lipinski definition) is 8. The second-order valence-electron chi connectivity index (χ2n) is 7.66. The lowest BCUT2D eigenvalue weighted by molar-refractivity contribution is 0.234. The first-order chi connectivity index (χ1) is 13.8. The summed E-state index contributed by atoms with van der Waals surface area (Å²) in [6.45, 7) is 2.97. The fourth-order valence-corrected chi connectivity index (χ4v) is 5.87. The van der Waals surface area contributed by atoms with Crippen LogP contribution in [0.3, 0.4) is 0 Å². The molecule has 2 aromatic rings. The molecule has 2 fully saturated rings. The van der Waals surface area contributed by atoms with Crippen LogP contribution in [-0.4, -0.2) is 60.1 Å². The summed E-state index contributed by atoms with van der Waals surface area (Å²) in [5.74, 6) is 1.13. The molecule has 0 amide bonds. The number of piperidine rings is 1. The van der Waals surface area contributed by atoms with Crippen molar-refractivity contribution >= 4 is 45.0 Å². The maximum Gasteiger partial charge on any atom is 0.211 e. The molecule has 2 aromatic heterocycles. The molecule has 29 heavy (non-hydrogen) atoms. The van der Waals surface area contributed by atoms with Crippen molar-refractivity contribution in [3.05, 3.63) is 29.7 Å². The number of pyridine rings is 1. The predicted octanol–water partition coefficient (Wildman–Crippen LogP) is 2.51. The van der Waals surface area contributed by atoms with Crippen LogP contribution in [0.25, 0.3) is 0 Å². The van der Waals surface area contributed by atoms with Crippen molar-refractivity contribution < 1.29 is 8.42 Å². The molecule has 4 heterocycles. The topological polar surface area (TPSA) is 105 Å². The molecule has 0 radical (unpaired) electrons. The summed E-state index contributed by atoms with van der Waals surface area (Å²) in [7, 11) is -3.11. The van der Waals surface area contributed by atoms with Crippen LogP contribution in [-0.2, 0) is 10.0 Å². The van der Waals surface area contributed by atoms with Gasteiger partial charge in [-0.3, -0.25) is 0 Å². The second kappa shape index (κ2) is 7.90. The van der Waals surface area contributed by atoms with Gasteiger partial charge in [-0.2, -0.15) is 0 Å². The number of rotatable bonds is 4. The van der Waals surface area contributed by atoms with Gasteiger partial charge >= 0.3 is 0 Å². The molecular formula is C18H23ClN6O2S2. The van der Waals surface area contributed by atoms with E-state index < -0.39 is 10.0 Å². The van der Waals surface area contributed by atoms with Crippen LogP contribution in [0.15, 0.2) is 34.6 Å². The van der Waals surface area contributed by atoms with Crippen molar-refractivity contribution in [1.29, 1.82) is 0 Å². The average Bonchev–Trinajstić information content (AvgIpc) is 3.11. The predicted molar refractivity (Wildman–Crippen MR) is 115 cm³/mol. The summed E-state index contributed by atoms with van der Waals surface area (Å²) in [6, 6.07) is 1.80. The fourth-order valence-electron chi connectivity index (χ4n) is 3.95. The fraction of sp³-hybridized carbons (Fsp3) is 0.500. The lowest BCUT2D eigenvalue weighted by atomic mass is 9.78. The minimum absolute atomic E-state index is 0.0980. The number of hydrogen-bond donors (Lipinski definition) is 1. The zero-order valence-electron chi connectivity index (χ0n) is 16.1. The number of halogens is 1. The third-order valence-electron chi connectivity index (χ3n) is 5.73. The highest BCUT2D eigenvalue weighted by Gasteiger charge is 2.43. The summed E-state index contributed by atoms with van der Waals surface area (Å²) in [6.07, 6.45) is 9.28. The molecule has 4 rings (SSSR count). The lowest BCUT2D eigenvalue weighted by Gasteiger charge is -2.39. The van der Waals surface area contributed by atoms with Crippen molar-refractivity contribution in [2.45, 2.75) is 29.2 Å². The van der Waals surface area contributed by atoms with Crippen LogP contribution in [0, 0.1) is 5.41 Å². The van der Waals surface area contributed by atoms with Crippen molar-refractivity contribution in [1.82, 2.24) is 19.3 Å². The van der Waals surface area contributed by atoms with E-state index in [2.05, 4.69) is 19.9 Å². The van der Waals surface area contributed by atoms with Gasteiger partial charge in [0, 0.05) is 37.3 Å². The molecule has 156 valence electrons. The first-order valence-corrected chi connectivity index (χ1v) is 12.4. The summed E-state index contributed by atoms with van der Waals surface area (Å²) in [4.78, 5) is 16.0. The first kappa shape index (κ1) is 20.6. The van der Waals surface area contributed by atoms with Crippen molar-refractivity contribution in [2.75, 3.05) is 43.1 Å². The van der Waals surface area contributed by atoms with E-state index in [1.54, 1.807) is 29.0 Å². The summed E-state index contributed by atoms with van der Waals surface area (Å²) >= 11 is 7.58. The van der Waals surface area contributed by atoms with Gasteiger partial charge in [0.2, 0.25) is 10.0 Å². The highest BCUT2D eigenvalue weighted by atomic mass is 35.5. The van der Waals surface area contributed by atoms with Gasteiger partial charge in [-0.05, 0) is 30.7 Å². The molecule has 1 spiro atoms. The van der Waals surface area contributed by atoms with Gasteiger partial charge in [-0.1, -0.05) is 23.4 Å². The molecule has 2 saturated heterocycles. The third kappa shape index (κ3) is 4.45. The van der Waals surface area contributed by atoms with Crippen molar-refractivity contribution in [3.63, 3.8) is 0 Å². The Labute approximate surface area is 179 Å². The van der Waals surface area contributed by atoms with E-state index in [1.807, 2.05) is 0 Å². The molecule has 2 aliphatic heterocycles. The Kier molecular flexibility index (Phi) is 5.62. The van der Waals surface area contributed by atoms with E-state index in [-0.39, 0.29) is 5.41 Å². The number of nitrogen functional groups attached to an aromatic ring is 1. The Bertz CT molecular complexity index is 994. The van der Waals surface area contributed by atoms with Gasteiger partial charge < -0.3 is 10.6 Å². The van der Waals surface area contributed by atoms with Crippen LogP contribution >= 0.6 is 23.4 Å². The smallest absolute Gasteiger partial charge is 0.211 e. The Hall–Kier alpha value is -1.62. The van der Waals surface area contributed by atoms with E-state index in [1.165, 1.54) is 18.0 Å². The van der Waals surface area contributed by atoms with Crippen molar-refractivity contribution in [2.24, 2.45) is 5.41 Å². The largest absolute Gasteiger partial charge is 0.382 e. The monoisotopic (exact) mass is 454 g/mol. The first-order valence-electron chi connectivity index (χ1n) is 9.36. The summed E-state index contributed by atoms with van der Waals surface area (Å²) in [5, 5.41) is 1.15. The normalized spacial score (nSPS) is 19.7. The standard InChI is InChI=1S/C18H23ClN6O2S2/c1-29(26,27)25-9-5-18(12-25)3-7-24(8-4-18)14-10-23-15(11-22-14)28-13-2-6-21-17(20)16(13)19/h2,6,10-11H,3-5,7-9,12H2,1H3,(H2,20,21). The van der Waals surface area contributed by atoms with E-state index in [0.717, 1.165) is 48.1 Å². The Morgan fingerprint density at radius 2 is 1.86 bits per heavy atom. The number of anilines is 2. The highest BCUT2D eigenvalue weighted by molar-refractivity contribution is 7.99. The average molecular weight is 455 g/mol. The van der Waals surface area contributed by atoms with Gasteiger partial charge in [0.15, 0.2) is 0 Å². The zero-order chi connectivity index (χ0) is 20.6. The van der Waals surface area contributed by atoms with Gasteiger partial charge in [0.05, 0.1) is 23.7 Å². The highest BCUT2D eigenvalue weighted by Crippen LogP contribution is 2.42. The van der Waals surface area contributed by atoms with Crippen LogP contribution < -0.4 is 10.6 Å². The maximum absolute atomic E-state index is 11.8. The Balaban J connectivity index is 1.38. The number of aromatic nitrogens is 3. The van der Waals surface area contributed by atoms with Gasteiger partial charge in [-0.25, -0.2) is 27.7 Å². The van der Waals surface area contributed by atoms with Crippen LogP contribution in [0.1, 0.15) is 19.3 Å². The lowest BCUT2D eigenvalue weighted by Crippen LogP contribution is -2.42. The molecule has 0 bridgehead atoms. The molecule has 11 heteroatoms. The molecule has 0 saturated carbocycles. The zero-order valence-corrected chi connectivity index (χ0v) is 18.5. The number of nitrogens with zero attached hydrogens (tertiary/aromatic N) is 5. The minimum atomic E-state index is -3.11. The quantitative estimate of drug-likeness (QED) is 0.751. The summed E-state index contributed by atoms with van der Waals surface area (Å²) < 4.78 is 25.3. The third-order valence-corrected chi connectivity index (χ3v) is 8.47. The molecule has 8 nitrogen and oxygen atoms in total. The van der Waals surface area contributed by atoms with Crippen LogP contribution in [0.4, 0.5) is 11.6 Å². The van der Waals surface area contributed by atoms with E-state index in [0.29, 0.717) is 23.9 Å². The van der Waals surface area contributed by atoms with E-state index >= 15 is 0 Å². The summed E-state index contributed by atoms with van der Waals surface area (Å²) in [5.41, 5.74) is 5.84. The maximum atomic E-state index is 11.8. The Morgan fingerprint density at radius 1 is 1.14 bits per heavy atom. The van der Waals surface area contributed by atoms with Crippen LogP contribution in [0.2, 0.25) is 5.02 Å². The minimum Gasteiger partial charge on any atom is -0.382 e. The van der Waals surface area contributed by atoms with E-state index in [9.17, 15) is 8.42 Å². The molecule has 0 unspecified atom stereocenters. The Morgan fingerprint density at radius 3 is 2.48 bits per heavy atom. The molecule has 2 N–H and O–H groups in total. The van der Waals surface area contributed by atoms with Gasteiger partial charge in [-0.15, -0.1) is 0 Å². The SMILES string of the molecule is CS(=O)(=O)N1CCC2(CCN(c3cnc(Sc4ccnc(N)c4Cl)cn3)CC2)C1. The number of nitrogens with two attached hydrogens (primary N) is 1. The van der Waals surface area contributed by atoms with E-state index in [4.69, 9.17) is 17.3 Å². The van der Waals surface area contributed by atoms with Crippen molar-refractivity contribution in [3.8, 4) is 0 Å². The van der Waals surface area contributed by atoms with Gasteiger partial charge in [0.25, 0.3) is 0 Å². The van der Waals surface area contributed by atoms with Crippen LogP contribution in [0.5, 0.6) is 0 Å². The number of sulfonamides is 1. The molecule has 0 aliphatic carbocycles.